The first-order valence-corrected chi connectivity index (χ1v) is 11.3. The summed E-state index contributed by atoms with van der Waals surface area (Å²) >= 11 is 0. The molecule has 2 N–H and O–H groups in total. The van der Waals surface area contributed by atoms with E-state index in [-0.39, 0.29) is 11.6 Å². The van der Waals surface area contributed by atoms with Crippen LogP contribution in [0.25, 0.3) is 0 Å². The predicted molar refractivity (Wildman–Crippen MR) is 123 cm³/mol. The number of amides is 3. The Labute approximate surface area is 197 Å². The fourth-order valence-corrected chi connectivity index (χ4v) is 4.12. The first-order valence-electron chi connectivity index (χ1n) is 11.3. The lowest BCUT2D eigenvalue weighted by Crippen LogP contribution is -2.29. The zero-order chi connectivity index (χ0) is 24.5. The highest BCUT2D eigenvalue weighted by Gasteiger charge is 2.30. The van der Waals surface area contributed by atoms with E-state index >= 15 is 0 Å². The number of anilines is 1. The van der Waals surface area contributed by atoms with Crippen LogP contribution in [0.2, 0.25) is 0 Å². The van der Waals surface area contributed by atoms with Gasteiger partial charge >= 0.3 is 6.03 Å². The van der Waals surface area contributed by atoms with E-state index in [4.69, 9.17) is 9.47 Å². The van der Waals surface area contributed by atoms with Gasteiger partial charge in [-0.25, -0.2) is 4.79 Å². The lowest BCUT2D eigenvalue weighted by molar-refractivity contribution is 0.0779. The van der Waals surface area contributed by atoms with Gasteiger partial charge in [-0.2, -0.15) is 13.8 Å². The van der Waals surface area contributed by atoms with Gasteiger partial charge in [0.15, 0.2) is 0 Å². The van der Waals surface area contributed by atoms with Crippen LogP contribution < -0.4 is 20.1 Å². The van der Waals surface area contributed by atoms with Crippen molar-refractivity contribution in [2.45, 2.75) is 32.1 Å². The molecule has 1 aliphatic heterocycles. The Morgan fingerprint density at radius 3 is 2.41 bits per heavy atom. The molecule has 1 fully saturated rings. The second-order valence-corrected chi connectivity index (χ2v) is 8.17. The van der Waals surface area contributed by atoms with Crippen LogP contribution in [0, 0.1) is 17.8 Å². The number of carbonyl (C=O) groups excluding carboxylic acids is 2. The number of rotatable bonds is 10. The molecule has 1 unspecified atom stereocenters. The van der Waals surface area contributed by atoms with Crippen molar-refractivity contribution in [2.75, 3.05) is 39.2 Å². The minimum Gasteiger partial charge on any atom is -0.496 e. The summed E-state index contributed by atoms with van der Waals surface area (Å²) in [5, 5.41) is 5.05. The minimum atomic E-state index is -0.996. The number of aromatic nitrogens is 1. The van der Waals surface area contributed by atoms with Crippen LogP contribution in [-0.4, -0.2) is 55.7 Å². The number of nitrogens with zero attached hydrogens (tertiary/aromatic N) is 2. The van der Waals surface area contributed by atoms with E-state index in [1.165, 1.54) is 14.2 Å². The van der Waals surface area contributed by atoms with E-state index in [0.29, 0.717) is 42.6 Å². The van der Waals surface area contributed by atoms with Crippen molar-refractivity contribution in [1.82, 2.24) is 15.2 Å². The molecule has 2 heterocycles. The number of hydrogen-bond donors (Lipinski definition) is 2. The molecule has 1 aromatic carbocycles. The third kappa shape index (κ3) is 6.79. The van der Waals surface area contributed by atoms with Crippen molar-refractivity contribution in [3.05, 3.63) is 47.8 Å². The smallest absolute Gasteiger partial charge is 0.319 e. The van der Waals surface area contributed by atoms with E-state index in [0.717, 1.165) is 44.2 Å². The summed E-state index contributed by atoms with van der Waals surface area (Å²) in [7, 11) is 3.07. The summed E-state index contributed by atoms with van der Waals surface area (Å²) in [6, 6.07) is 6.67. The standard InChI is InChI=1S/C24H30F2N4O4/c1-33-18-8-6-9-19(34-2)22(18)23(31)30-12-10-16(15-30)7-4-3-5-11-27-24(32)28-17-13-20(25)29-21(26)14-17/h6,8-9,13-14,16H,3-5,7,10-12,15H2,1-2H3,(H2,27,28,29,32). The fourth-order valence-electron chi connectivity index (χ4n) is 4.12. The molecule has 0 aliphatic carbocycles. The van der Waals surface area contributed by atoms with Gasteiger partial charge in [-0.15, -0.1) is 0 Å². The molecule has 0 radical (unpaired) electrons. The Balaban J connectivity index is 1.35. The molecule has 3 rings (SSSR count). The number of ether oxygens (including phenoxy) is 2. The summed E-state index contributed by atoms with van der Waals surface area (Å²) in [6.07, 6.45) is 4.62. The van der Waals surface area contributed by atoms with Crippen molar-refractivity contribution in [3.63, 3.8) is 0 Å². The zero-order valence-electron chi connectivity index (χ0n) is 19.4. The van der Waals surface area contributed by atoms with Crippen molar-refractivity contribution in [3.8, 4) is 11.5 Å². The number of nitrogens with one attached hydrogen (secondary N) is 2. The normalized spacial score (nSPS) is 15.2. The van der Waals surface area contributed by atoms with Crippen molar-refractivity contribution in [1.29, 1.82) is 0 Å². The van der Waals surface area contributed by atoms with Gasteiger partial charge in [0.2, 0.25) is 11.9 Å². The maximum absolute atomic E-state index is 13.1. The van der Waals surface area contributed by atoms with Crippen LogP contribution >= 0.6 is 0 Å². The van der Waals surface area contributed by atoms with Gasteiger partial charge in [0.1, 0.15) is 17.1 Å². The third-order valence-electron chi connectivity index (χ3n) is 5.81. The maximum atomic E-state index is 13.1. The van der Waals surface area contributed by atoms with Gasteiger partial charge < -0.3 is 25.0 Å². The molecule has 184 valence electrons. The Morgan fingerprint density at radius 1 is 1.09 bits per heavy atom. The summed E-state index contributed by atoms with van der Waals surface area (Å²) in [6.45, 7) is 1.84. The Bertz CT molecular complexity index is 962. The number of hydrogen-bond acceptors (Lipinski definition) is 5. The molecule has 1 saturated heterocycles. The number of urea groups is 1. The van der Waals surface area contributed by atoms with Crippen LogP contribution in [-0.2, 0) is 0 Å². The molecule has 10 heteroatoms. The molecule has 2 aromatic rings. The topological polar surface area (TPSA) is 92.8 Å². The average molecular weight is 477 g/mol. The molecule has 8 nitrogen and oxygen atoms in total. The van der Waals surface area contributed by atoms with E-state index in [9.17, 15) is 18.4 Å². The largest absolute Gasteiger partial charge is 0.496 e. The van der Waals surface area contributed by atoms with Crippen molar-refractivity contribution >= 4 is 17.6 Å². The quantitative estimate of drug-likeness (QED) is 0.396. The Morgan fingerprint density at radius 2 is 1.76 bits per heavy atom. The zero-order valence-corrected chi connectivity index (χ0v) is 19.4. The Kier molecular flexibility index (Phi) is 9.00. The highest BCUT2D eigenvalue weighted by molar-refractivity contribution is 5.99. The number of benzene rings is 1. The summed E-state index contributed by atoms with van der Waals surface area (Å²) in [5.41, 5.74) is 0.461. The molecule has 3 amide bonds. The van der Waals surface area contributed by atoms with Crippen LogP contribution in [0.3, 0.4) is 0 Å². The fraction of sp³-hybridized carbons (Fsp3) is 0.458. The minimum absolute atomic E-state index is 0.00794. The molecule has 1 aliphatic rings. The lowest BCUT2D eigenvalue weighted by atomic mass is 10.0. The molecule has 0 spiro atoms. The van der Waals surface area contributed by atoms with E-state index in [1.807, 2.05) is 4.90 Å². The third-order valence-corrected chi connectivity index (χ3v) is 5.81. The summed E-state index contributed by atoms with van der Waals surface area (Å²) < 4.78 is 36.9. The molecule has 1 atom stereocenters. The highest BCUT2D eigenvalue weighted by atomic mass is 19.1. The van der Waals surface area contributed by atoms with Gasteiger partial charge in [-0.05, 0) is 37.3 Å². The van der Waals surface area contributed by atoms with Crippen LogP contribution in [0.5, 0.6) is 11.5 Å². The highest BCUT2D eigenvalue weighted by Crippen LogP contribution is 2.32. The van der Waals surface area contributed by atoms with E-state index in [1.54, 1.807) is 18.2 Å². The second-order valence-electron chi connectivity index (χ2n) is 8.17. The van der Waals surface area contributed by atoms with Crippen LogP contribution in [0.4, 0.5) is 19.3 Å². The van der Waals surface area contributed by atoms with Crippen LogP contribution in [0.15, 0.2) is 30.3 Å². The van der Waals surface area contributed by atoms with Crippen molar-refractivity contribution in [2.24, 2.45) is 5.92 Å². The summed E-state index contributed by atoms with van der Waals surface area (Å²) in [4.78, 5) is 29.7. The second kappa shape index (κ2) is 12.2. The number of halogens is 2. The predicted octanol–water partition coefficient (Wildman–Crippen LogP) is 4.22. The number of carbonyl (C=O) groups is 2. The van der Waals surface area contributed by atoms with E-state index < -0.39 is 17.9 Å². The van der Waals surface area contributed by atoms with Gasteiger partial charge in [0.25, 0.3) is 5.91 Å². The molecule has 1 aromatic heterocycles. The maximum Gasteiger partial charge on any atom is 0.319 e. The number of unbranched alkanes of at least 4 members (excludes halogenated alkanes) is 2. The molecular weight excluding hydrogens is 446 g/mol. The number of methoxy groups -OCH3 is 2. The Hall–Kier alpha value is -3.43. The molecular formula is C24H30F2N4O4. The van der Waals surface area contributed by atoms with Gasteiger partial charge in [-0.3, -0.25) is 4.79 Å². The monoisotopic (exact) mass is 476 g/mol. The van der Waals surface area contributed by atoms with E-state index in [2.05, 4.69) is 15.6 Å². The molecule has 0 saturated carbocycles. The molecule has 34 heavy (non-hydrogen) atoms. The number of pyridine rings is 1. The first-order chi connectivity index (χ1) is 16.4. The van der Waals surface area contributed by atoms with Gasteiger partial charge in [0, 0.05) is 31.8 Å². The molecule has 0 bridgehead atoms. The SMILES string of the molecule is COc1cccc(OC)c1C(=O)N1CCC(CCCCCNC(=O)Nc2cc(F)nc(F)c2)C1. The van der Waals surface area contributed by atoms with Crippen LogP contribution in [0.1, 0.15) is 42.5 Å². The number of likely N-dealkylation sites (tertiary alicyclic amines) is 1. The average Bonchev–Trinajstić information content (AvgIpc) is 3.28. The first kappa shape index (κ1) is 25.2. The lowest BCUT2D eigenvalue weighted by Gasteiger charge is -2.20. The van der Waals surface area contributed by atoms with Crippen molar-refractivity contribution < 1.29 is 27.8 Å². The van der Waals surface area contributed by atoms with Gasteiger partial charge in [-0.1, -0.05) is 18.9 Å². The van der Waals surface area contributed by atoms with Gasteiger partial charge in [0.05, 0.1) is 19.9 Å². The summed E-state index contributed by atoms with van der Waals surface area (Å²) in [5.74, 6) is -0.639.